The molecule has 0 bridgehead atoms. The summed E-state index contributed by atoms with van der Waals surface area (Å²) in [5.41, 5.74) is 0. The van der Waals surface area contributed by atoms with E-state index >= 15 is 0 Å². The van der Waals surface area contributed by atoms with Gasteiger partial charge >= 0.3 is 0 Å². The molecule has 0 heteroatoms. The summed E-state index contributed by atoms with van der Waals surface area (Å²) in [6, 6.07) is 0. The van der Waals surface area contributed by atoms with Gasteiger partial charge in [0.05, 0.1) is 0 Å². The second kappa shape index (κ2) is 29.0. The summed E-state index contributed by atoms with van der Waals surface area (Å²) in [7, 11) is 0. The Morgan fingerprint density at radius 3 is 0.875 bits per heavy atom. The second-order valence-corrected chi connectivity index (χ2v) is 10.9. The molecule has 0 saturated carbocycles. The highest BCUT2D eigenvalue weighted by Gasteiger charge is 2.08. The van der Waals surface area contributed by atoms with E-state index in [1.807, 2.05) is 0 Å². The summed E-state index contributed by atoms with van der Waals surface area (Å²) in [5, 5.41) is 0. The molecule has 0 aliphatic heterocycles. The van der Waals surface area contributed by atoms with Crippen LogP contribution in [0.25, 0.3) is 0 Å². The lowest BCUT2D eigenvalue weighted by atomic mass is 9.89. The van der Waals surface area contributed by atoms with E-state index in [0.29, 0.717) is 0 Å². The molecule has 1 radical (unpaired) electrons. The van der Waals surface area contributed by atoms with E-state index < -0.39 is 0 Å². The molecule has 1 atom stereocenters. The fraction of sp³-hybridized carbons (Fsp3) is 0.969. The summed E-state index contributed by atoms with van der Waals surface area (Å²) in [6.45, 7) is 8.66. The summed E-state index contributed by atoms with van der Waals surface area (Å²) < 4.78 is 0. The van der Waals surface area contributed by atoms with Crippen LogP contribution in [0, 0.1) is 12.8 Å². The smallest absolute Gasteiger partial charge is 0.0414 e. The fourth-order valence-corrected chi connectivity index (χ4v) is 5.24. The van der Waals surface area contributed by atoms with Crippen LogP contribution >= 0.6 is 0 Å². The maximum Gasteiger partial charge on any atom is -0.0414 e. The average Bonchev–Trinajstić information content (AvgIpc) is 2.80. The van der Waals surface area contributed by atoms with Crippen molar-refractivity contribution in [3.8, 4) is 0 Å². The molecule has 0 heterocycles. The maximum absolute atomic E-state index is 4.05. The Balaban J connectivity index is 3.59. The van der Waals surface area contributed by atoms with Crippen LogP contribution in [0.4, 0.5) is 0 Å². The van der Waals surface area contributed by atoms with Crippen molar-refractivity contribution in [2.45, 2.75) is 194 Å². The standard InChI is InChI=1S/C32H65/c1-4-7-10-12-14-16-18-19-21-23-25-28-31-32(29-26-9-6-3)30-27-24-22-20-17-15-13-11-8-5-2/h32H,3-31H2,1-2H3. The summed E-state index contributed by atoms with van der Waals surface area (Å²) in [5.74, 6) is 1.01. The van der Waals surface area contributed by atoms with Gasteiger partial charge in [0.2, 0.25) is 0 Å². The van der Waals surface area contributed by atoms with Gasteiger partial charge in [-0.25, -0.2) is 0 Å². The first kappa shape index (κ1) is 32.0. The van der Waals surface area contributed by atoms with Crippen molar-refractivity contribution < 1.29 is 0 Å². The first-order valence-corrected chi connectivity index (χ1v) is 15.6. The molecule has 0 aromatic carbocycles. The molecule has 0 aliphatic carbocycles. The molecule has 0 fully saturated rings. The molecule has 0 N–H and O–H groups in total. The first-order valence-electron chi connectivity index (χ1n) is 15.6. The van der Waals surface area contributed by atoms with E-state index in [4.69, 9.17) is 0 Å². The average molecular weight is 450 g/mol. The Morgan fingerprint density at radius 2 is 0.594 bits per heavy atom. The van der Waals surface area contributed by atoms with Crippen molar-refractivity contribution in [3.63, 3.8) is 0 Å². The minimum atomic E-state index is 1.01. The zero-order valence-corrected chi connectivity index (χ0v) is 23.1. The monoisotopic (exact) mass is 450 g/mol. The van der Waals surface area contributed by atoms with Crippen molar-refractivity contribution >= 4 is 0 Å². The highest BCUT2D eigenvalue weighted by atomic mass is 14.1. The molecular formula is C32H65. The van der Waals surface area contributed by atoms with Crippen LogP contribution in [-0.2, 0) is 0 Å². The molecule has 0 saturated heterocycles. The Kier molecular flexibility index (Phi) is 29.0. The van der Waals surface area contributed by atoms with Crippen LogP contribution in [0.15, 0.2) is 0 Å². The van der Waals surface area contributed by atoms with Crippen molar-refractivity contribution in [1.82, 2.24) is 0 Å². The van der Waals surface area contributed by atoms with E-state index in [1.165, 1.54) is 173 Å². The zero-order valence-electron chi connectivity index (χ0n) is 23.1. The molecule has 1 unspecified atom stereocenters. The lowest BCUT2D eigenvalue weighted by molar-refractivity contribution is 0.368. The van der Waals surface area contributed by atoms with Gasteiger partial charge < -0.3 is 0 Å². The minimum absolute atomic E-state index is 1.01. The second-order valence-electron chi connectivity index (χ2n) is 10.9. The van der Waals surface area contributed by atoms with Gasteiger partial charge in [-0.3, -0.25) is 0 Å². The maximum atomic E-state index is 4.05. The van der Waals surface area contributed by atoms with Crippen LogP contribution in [0.3, 0.4) is 0 Å². The van der Waals surface area contributed by atoms with E-state index in [1.54, 1.807) is 0 Å². The third-order valence-corrected chi connectivity index (χ3v) is 7.54. The quantitative estimate of drug-likeness (QED) is 0.104. The van der Waals surface area contributed by atoms with Crippen molar-refractivity contribution in [2.75, 3.05) is 0 Å². The van der Waals surface area contributed by atoms with Crippen molar-refractivity contribution in [1.29, 1.82) is 0 Å². The van der Waals surface area contributed by atoms with Crippen LogP contribution in [-0.4, -0.2) is 0 Å². The third-order valence-electron chi connectivity index (χ3n) is 7.54. The molecule has 32 heavy (non-hydrogen) atoms. The lowest BCUT2D eigenvalue weighted by Crippen LogP contribution is -2.01. The molecule has 0 aliphatic rings. The Bertz CT molecular complexity index is 307. The highest BCUT2D eigenvalue weighted by molar-refractivity contribution is 4.62. The molecular weight excluding hydrogens is 384 g/mol. The normalized spacial score (nSPS) is 12.5. The number of hydrogen-bond acceptors (Lipinski definition) is 0. The van der Waals surface area contributed by atoms with Gasteiger partial charge in [-0.1, -0.05) is 201 Å². The van der Waals surface area contributed by atoms with E-state index in [-0.39, 0.29) is 0 Å². The van der Waals surface area contributed by atoms with Crippen molar-refractivity contribution in [3.05, 3.63) is 6.92 Å². The van der Waals surface area contributed by atoms with Crippen LogP contribution in [0.1, 0.15) is 194 Å². The number of unbranched alkanes of at least 4 members (excludes halogenated alkanes) is 22. The number of hydrogen-bond donors (Lipinski definition) is 0. The predicted octanol–water partition coefficient (Wildman–Crippen LogP) is 12.4. The molecule has 0 rings (SSSR count). The predicted molar refractivity (Wildman–Crippen MR) is 149 cm³/mol. The molecule has 0 aromatic rings. The molecule has 0 nitrogen and oxygen atoms in total. The van der Waals surface area contributed by atoms with Gasteiger partial charge in [0, 0.05) is 0 Å². The Hall–Kier alpha value is 0. The highest BCUT2D eigenvalue weighted by Crippen LogP contribution is 2.24. The van der Waals surface area contributed by atoms with Gasteiger partial charge in [-0.15, -0.1) is 0 Å². The summed E-state index contributed by atoms with van der Waals surface area (Å²) in [6.07, 6.45) is 40.7. The summed E-state index contributed by atoms with van der Waals surface area (Å²) >= 11 is 0. The summed E-state index contributed by atoms with van der Waals surface area (Å²) in [4.78, 5) is 0. The SMILES string of the molecule is [CH2]CCCCC(CCCCCCCCCCCC)CCCCCCCCCCCCCC. The largest absolute Gasteiger partial charge is 0.0654 e. The van der Waals surface area contributed by atoms with Crippen molar-refractivity contribution in [2.24, 2.45) is 5.92 Å². The van der Waals surface area contributed by atoms with Gasteiger partial charge in [-0.2, -0.15) is 0 Å². The first-order chi connectivity index (χ1) is 15.8. The van der Waals surface area contributed by atoms with E-state index in [9.17, 15) is 0 Å². The molecule has 193 valence electrons. The van der Waals surface area contributed by atoms with Gasteiger partial charge in [0.25, 0.3) is 0 Å². The molecule has 0 aromatic heterocycles. The molecule has 0 spiro atoms. The zero-order chi connectivity index (χ0) is 23.4. The minimum Gasteiger partial charge on any atom is -0.0654 e. The van der Waals surface area contributed by atoms with E-state index in [0.717, 1.165) is 12.3 Å². The van der Waals surface area contributed by atoms with E-state index in [2.05, 4.69) is 20.8 Å². The van der Waals surface area contributed by atoms with Gasteiger partial charge in [0.1, 0.15) is 0 Å². The Labute approximate surface area is 206 Å². The molecule has 0 amide bonds. The fourth-order valence-electron chi connectivity index (χ4n) is 5.24. The van der Waals surface area contributed by atoms with Gasteiger partial charge in [-0.05, 0) is 5.92 Å². The van der Waals surface area contributed by atoms with Crippen LogP contribution < -0.4 is 0 Å². The Morgan fingerprint density at radius 1 is 0.344 bits per heavy atom. The topological polar surface area (TPSA) is 0 Å². The number of rotatable bonds is 28. The van der Waals surface area contributed by atoms with Gasteiger partial charge in [0.15, 0.2) is 0 Å². The lowest BCUT2D eigenvalue weighted by Gasteiger charge is -2.17. The van der Waals surface area contributed by atoms with Crippen LogP contribution in [0.5, 0.6) is 0 Å². The third kappa shape index (κ3) is 26.3. The van der Waals surface area contributed by atoms with Crippen LogP contribution in [0.2, 0.25) is 0 Å².